The van der Waals surface area contributed by atoms with E-state index in [1.54, 1.807) is 4.31 Å². The Bertz CT molecular complexity index is 269. The number of rotatable bonds is 5. The third kappa shape index (κ3) is 3.74. The quantitative estimate of drug-likeness (QED) is 0.765. The van der Waals surface area contributed by atoms with E-state index in [1.807, 2.05) is 0 Å². The second-order valence-electron chi connectivity index (χ2n) is 4.21. The van der Waals surface area contributed by atoms with Crippen LogP contribution in [0.25, 0.3) is 0 Å². The third-order valence-corrected chi connectivity index (χ3v) is 5.11. The van der Waals surface area contributed by atoms with Gasteiger partial charge in [-0.3, -0.25) is 0 Å². The molecule has 0 radical (unpaired) electrons. The molecular weight excluding hydrogens is 212 g/mol. The molecule has 0 bridgehead atoms. The number of sulfonamides is 1. The number of hydrogen-bond donors (Lipinski definition) is 1. The Kier molecular flexibility index (Phi) is 5.02. The zero-order chi connectivity index (χ0) is 11.3. The molecule has 1 rings (SSSR count). The van der Waals surface area contributed by atoms with Gasteiger partial charge < -0.3 is 5.73 Å². The van der Waals surface area contributed by atoms with Crippen LogP contribution in [0.15, 0.2) is 0 Å². The monoisotopic (exact) mass is 234 g/mol. The number of piperidine rings is 1. The van der Waals surface area contributed by atoms with Crippen LogP contribution in [-0.4, -0.2) is 38.1 Å². The van der Waals surface area contributed by atoms with E-state index in [0.29, 0.717) is 32.0 Å². The number of hydrogen-bond acceptors (Lipinski definition) is 3. The average Bonchev–Trinajstić information content (AvgIpc) is 2.26. The fraction of sp³-hybridized carbons (Fsp3) is 1.00. The molecule has 90 valence electrons. The van der Waals surface area contributed by atoms with E-state index in [4.69, 9.17) is 5.73 Å². The Labute approximate surface area is 92.9 Å². The number of nitrogens with two attached hydrogens (primary N) is 1. The van der Waals surface area contributed by atoms with Gasteiger partial charge in [-0.25, -0.2) is 12.7 Å². The molecule has 0 amide bonds. The van der Waals surface area contributed by atoms with E-state index in [1.165, 1.54) is 0 Å². The van der Waals surface area contributed by atoms with Crippen molar-refractivity contribution in [3.8, 4) is 0 Å². The molecule has 0 atom stereocenters. The standard InChI is InChI=1S/C10H22N2O2S/c1-2-10-4-7-12(8-5-10)15(13,14)9-3-6-11/h10H,2-9,11H2,1H3. The van der Waals surface area contributed by atoms with Gasteiger partial charge in [0, 0.05) is 13.1 Å². The van der Waals surface area contributed by atoms with Crippen molar-refractivity contribution >= 4 is 10.0 Å². The van der Waals surface area contributed by atoms with Crippen LogP contribution >= 0.6 is 0 Å². The fourth-order valence-corrected chi connectivity index (χ4v) is 3.55. The molecule has 0 aromatic carbocycles. The fourth-order valence-electron chi connectivity index (χ4n) is 1.99. The molecule has 0 aliphatic carbocycles. The molecule has 0 saturated carbocycles. The van der Waals surface area contributed by atoms with Crippen LogP contribution in [0.5, 0.6) is 0 Å². The summed E-state index contributed by atoms with van der Waals surface area (Å²) in [6.07, 6.45) is 3.75. The van der Waals surface area contributed by atoms with Gasteiger partial charge in [-0.15, -0.1) is 0 Å². The highest BCUT2D eigenvalue weighted by molar-refractivity contribution is 7.89. The van der Waals surface area contributed by atoms with Gasteiger partial charge in [0.1, 0.15) is 0 Å². The highest BCUT2D eigenvalue weighted by Crippen LogP contribution is 2.22. The summed E-state index contributed by atoms with van der Waals surface area (Å²) >= 11 is 0. The lowest BCUT2D eigenvalue weighted by molar-refractivity contribution is 0.269. The van der Waals surface area contributed by atoms with Gasteiger partial charge in [0.15, 0.2) is 0 Å². The summed E-state index contributed by atoms with van der Waals surface area (Å²) in [4.78, 5) is 0. The van der Waals surface area contributed by atoms with Crippen LogP contribution in [0, 0.1) is 5.92 Å². The SMILES string of the molecule is CCC1CCN(S(=O)(=O)CCCN)CC1. The minimum Gasteiger partial charge on any atom is -0.330 e. The van der Waals surface area contributed by atoms with Crippen molar-refractivity contribution in [2.45, 2.75) is 32.6 Å². The predicted octanol–water partition coefficient (Wildman–Crippen LogP) is 0.787. The van der Waals surface area contributed by atoms with Gasteiger partial charge >= 0.3 is 0 Å². The van der Waals surface area contributed by atoms with Crippen molar-refractivity contribution < 1.29 is 8.42 Å². The molecule has 15 heavy (non-hydrogen) atoms. The normalized spacial score (nSPS) is 20.7. The average molecular weight is 234 g/mol. The van der Waals surface area contributed by atoms with Gasteiger partial charge in [-0.2, -0.15) is 0 Å². The Hall–Kier alpha value is -0.130. The molecule has 1 aliphatic heterocycles. The van der Waals surface area contributed by atoms with Crippen molar-refractivity contribution in [3.05, 3.63) is 0 Å². The van der Waals surface area contributed by atoms with Crippen LogP contribution in [0.1, 0.15) is 32.6 Å². The summed E-state index contributed by atoms with van der Waals surface area (Å²) in [5, 5.41) is 0. The summed E-state index contributed by atoms with van der Waals surface area (Å²) in [6.45, 7) is 4.02. The Morgan fingerprint density at radius 1 is 1.33 bits per heavy atom. The van der Waals surface area contributed by atoms with E-state index in [-0.39, 0.29) is 5.75 Å². The van der Waals surface area contributed by atoms with Crippen LogP contribution in [0.2, 0.25) is 0 Å². The minimum atomic E-state index is -3.02. The van der Waals surface area contributed by atoms with Crippen LogP contribution in [-0.2, 0) is 10.0 Å². The summed E-state index contributed by atoms with van der Waals surface area (Å²) in [6, 6.07) is 0. The first kappa shape index (κ1) is 12.9. The lowest BCUT2D eigenvalue weighted by Gasteiger charge is -2.30. The maximum absolute atomic E-state index is 11.8. The van der Waals surface area contributed by atoms with Gasteiger partial charge in [0.2, 0.25) is 10.0 Å². The molecule has 1 saturated heterocycles. The first-order valence-electron chi connectivity index (χ1n) is 5.78. The highest BCUT2D eigenvalue weighted by Gasteiger charge is 2.26. The maximum atomic E-state index is 11.8. The lowest BCUT2D eigenvalue weighted by Crippen LogP contribution is -2.39. The summed E-state index contributed by atoms with van der Waals surface area (Å²) in [5.41, 5.74) is 5.33. The largest absolute Gasteiger partial charge is 0.330 e. The zero-order valence-electron chi connectivity index (χ0n) is 9.48. The molecule has 4 nitrogen and oxygen atoms in total. The van der Waals surface area contributed by atoms with Crippen molar-refractivity contribution in [3.63, 3.8) is 0 Å². The van der Waals surface area contributed by atoms with Gasteiger partial charge in [0.25, 0.3) is 0 Å². The molecule has 5 heteroatoms. The lowest BCUT2D eigenvalue weighted by atomic mass is 9.96. The van der Waals surface area contributed by atoms with Crippen molar-refractivity contribution in [1.82, 2.24) is 4.31 Å². The molecule has 0 unspecified atom stereocenters. The zero-order valence-corrected chi connectivity index (χ0v) is 10.3. The van der Waals surface area contributed by atoms with Crippen molar-refractivity contribution in [2.24, 2.45) is 11.7 Å². The smallest absolute Gasteiger partial charge is 0.214 e. The highest BCUT2D eigenvalue weighted by atomic mass is 32.2. The topological polar surface area (TPSA) is 63.4 Å². The summed E-state index contributed by atoms with van der Waals surface area (Å²) in [5.74, 6) is 0.922. The summed E-state index contributed by atoms with van der Waals surface area (Å²) < 4.78 is 25.3. The van der Waals surface area contributed by atoms with Gasteiger partial charge in [0.05, 0.1) is 5.75 Å². The van der Waals surface area contributed by atoms with Crippen molar-refractivity contribution in [1.29, 1.82) is 0 Å². The molecule has 0 aromatic heterocycles. The molecule has 1 fully saturated rings. The second kappa shape index (κ2) is 5.82. The molecule has 1 heterocycles. The first-order chi connectivity index (χ1) is 7.10. The third-order valence-electron chi connectivity index (χ3n) is 3.15. The van der Waals surface area contributed by atoms with E-state index in [9.17, 15) is 8.42 Å². The Morgan fingerprint density at radius 2 is 1.93 bits per heavy atom. The molecule has 2 N–H and O–H groups in total. The van der Waals surface area contributed by atoms with Crippen LogP contribution in [0.4, 0.5) is 0 Å². The Balaban J connectivity index is 2.45. The maximum Gasteiger partial charge on any atom is 0.214 e. The van der Waals surface area contributed by atoms with Gasteiger partial charge in [-0.1, -0.05) is 13.3 Å². The molecular formula is C10H22N2O2S. The minimum absolute atomic E-state index is 0.209. The summed E-state index contributed by atoms with van der Waals surface area (Å²) in [7, 11) is -3.02. The predicted molar refractivity (Wildman–Crippen MR) is 62.0 cm³/mol. The number of nitrogens with zero attached hydrogens (tertiary/aromatic N) is 1. The van der Waals surface area contributed by atoms with E-state index in [0.717, 1.165) is 19.3 Å². The van der Waals surface area contributed by atoms with Crippen molar-refractivity contribution in [2.75, 3.05) is 25.4 Å². The van der Waals surface area contributed by atoms with E-state index in [2.05, 4.69) is 6.92 Å². The molecule has 0 spiro atoms. The second-order valence-corrected chi connectivity index (χ2v) is 6.30. The molecule has 0 aromatic rings. The van der Waals surface area contributed by atoms with E-state index < -0.39 is 10.0 Å². The molecule has 1 aliphatic rings. The van der Waals surface area contributed by atoms with E-state index >= 15 is 0 Å². The Morgan fingerprint density at radius 3 is 2.40 bits per heavy atom. The van der Waals surface area contributed by atoms with Crippen LogP contribution < -0.4 is 5.73 Å². The van der Waals surface area contributed by atoms with Crippen LogP contribution in [0.3, 0.4) is 0 Å². The van der Waals surface area contributed by atoms with Gasteiger partial charge in [-0.05, 0) is 31.7 Å². The first-order valence-corrected chi connectivity index (χ1v) is 7.39.